The topological polar surface area (TPSA) is 65.4 Å². The number of hydrogen-bond acceptors (Lipinski definition) is 4. The number of nitrogens with one attached hydrogen (secondary N) is 1. The van der Waals surface area contributed by atoms with Crippen molar-refractivity contribution in [2.24, 2.45) is 0 Å². The lowest BCUT2D eigenvalue weighted by Crippen LogP contribution is -2.13. The third-order valence-electron chi connectivity index (χ3n) is 3.91. The van der Waals surface area contributed by atoms with E-state index in [0.717, 1.165) is 5.56 Å². The fourth-order valence-corrected chi connectivity index (χ4v) is 3.39. The van der Waals surface area contributed by atoms with Crippen molar-refractivity contribution in [3.05, 3.63) is 68.2 Å². The van der Waals surface area contributed by atoms with E-state index in [2.05, 4.69) is 26.3 Å². The largest absolute Gasteiger partial charge is 0.497 e. The Morgan fingerprint density at radius 3 is 2.43 bits per heavy atom. The number of anilines is 1. The predicted molar refractivity (Wildman–Crippen MR) is 113 cm³/mol. The van der Waals surface area contributed by atoms with Crippen LogP contribution in [0.3, 0.4) is 0 Å². The number of methoxy groups -OCH3 is 2. The molecule has 0 saturated carbocycles. The minimum Gasteiger partial charge on any atom is -0.497 e. The number of amides is 1. The van der Waals surface area contributed by atoms with Gasteiger partial charge in [0.15, 0.2) is 5.82 Å². The molecule has 2 aromatic carbocycles. The minimum absolute atomic E-state index is 0.340. The molecule has 0 radical (unpaired) electrons. The van der Waals surface area contributed by atoms with Gasteiger partial charge in [0.25, 0.3) is 5.91 Å². The smallest absolute Gasteiger partial charge is 0.257 e. The molecule has 0 saturated heterocycles. The lowest BCUT2D eigenvalue weighted by molar-refractivity contribution is 0.102. The molecule has 28 heavy (non-hydrogen) atoms. The molecule has 0 fully saturated rings. The molecule has 0 unspecified atom stereocenters. The van der Waals surface area contributed by atoms with Gasteiger partial charge in [-0.15, -0.1) is 0 Å². The zero-order chi connectivity index (χ0) is 20.3. The highest BCUT2D eigenvalue weighted by Crippen LogP contribution is 2.26. The maximum Gasteiger partial charge on any atom is 0.257 e. The molecule has 9 heteroatoms. The molecule has 1 aromatic heterocycles. The highest BCUT2D eigenvalue weighted by Gasteiger charge is 2.15. The number of carbonyl (C=O) groups is 1. The van der Waals surface area contributed by atoms with Gasteiger partial charge in [-0.05, 0) is 45.8 Å². The second-order valence-corrected chi connectivity index (χ2v) is 7.51. The number of halogens is 3. The van der Waals surface area contributed by atoms with Crippen LogP contribution in [0, 0.1) is 0 Å². The summed E-state index contributed by atoms with van der Waals surface area (Å²) >= 11 is 15.6. The Bertz CT molecular complexity index is 1000. The summed E-state index contributed by atoms with van der Waals surface area (Å²) in [5.41, 5.74) is 1.25. The van der Waals surface area contributed by atoms with E-state index < -0.39 is 0 Å². The van der Waals surface area contributed by atoms with Crippen LogP contribution in [0.2, 0.25) is 10.0 Å². The number of ether oxygens (including phenoxy) is 2. The SMILES string of the molecule is COc1cc(OC)cc(C(=O)Nc2nn(Cc3ccc(Cl)cc3Cl)cc2Br)c1. The molecule has 0 bridgehead atoms. The Kier molecular flexibility index (Phi) is 6.49. The number of benzene rings is 2. The maximum atomic E-state index is 12.6. The molecular formula is C19H16BrCl2N3O3. The summed E-state index contributed by atoms with van der Waals surface area (Å²) in [7, 11) is 3.05. The Morgan fingerprint density at radius 2 is 1.82 bits per heavy atom. The van der Waals surface area contributed by atoms with Gasteiger partial charge in [-0.2, -0.15) is 5.10 Å². The highest BCUT2D eigenvalue weighted by atomic mass is 79.9. The Balaban J connectivity index is 1.79. The molecule has 6 nitrogen and oxygen atoms in total. The number of nitrogens with zero attached hydrogens (tertiary/aromatic N) is 2. The van der Waals surface area contributed by atoms with Crippen LogP contribution in [0.1, 0.15) is 15.9 Å². The number of hydrogen-bond donors (Lipinski definition) is 1. The third-order valence-corrected chi connectivity index (χ3v) is 5.08. The van der Waals surface area contributed by atoms with Gasteiger partial charge in [0, 0.05) is 27.9 Å². The van der Waals surface area contributed by atoms with Crippen LogP contribution in [0.15, 0.2) is 47.1 Å². The van der Waals surface area contributed by atoms with Crippen molar-refractivity contribution in [2.45, 2.75) is 6.54 Å². The monoisotopic (exact) mass is 483 g/mol. The molecule has 3 rings (SSSR count). The zero-order valence-corrected chi connectivity index (χ0v) is 18.1. The van der Waals surface area contributed by atoms with E-state index in [1.54, 1.807) is 41.2 Å². The summed E-state index contributed by atoms with van der Waals surface area (Å²) < 4.78 is 12.7. The van der Waals surface area contributed by atoms with Gasteiger partial charge in [-0.25, -0.2) is 0 Å². The molecule has 1 amide bonds. The van der Waals surface area contributed by atoms with Gasteiger partial charge in [-0.3, -0.25) is 9.48 Å². The fourth-order valence-electron chi connectivity index (χ4n) is 2.51. The predicted octanol–water partition coefficient (Wildman–Crippen LogP) is 5.27. The van der Waals surface area contributed by atoms with Gasteiger partial charge in [0.05, 0.1) is 25.2 Å². The molecule has 1 heterocycles. The number of rotatable bonds is 6. The van der Waals surface area contributed by atoms with Crippen LogP contribution >= 0.6 is 39.1 Å². The molecule has 0 spiro atoms. The van der Waals surface area contributed by atoms with Crippen LogP contribution in [-0.2, 0) is 6.54 Å². The van der Waals surface area contributed by atoms with Gasteiger partial charge in [0.1, 0.15) is 11.5 Å². The summed E-state index contributed by atoms with van der Waals surface area (Å²) in [5, 5.41) is 8.30. The first-order valence-electron chi connectivity index (χ1n) is 8.11. The molecular weight excluding hydrogens is 469 g/mol. The van der Waals surface area contributed by atoms with Crippen LogP contribution < -0.4 is 14.8 Å². The summed E-state index contributed by atoms with van der Waals surface area (Å²) in [6.45, 7) is 0.428. The van der Waals surface area contributed by atoms with Crippen molar-refractivity contribution in [2.75, 3.05) is 19.5 Å². The first-order valence-corrected chi connectivity index (χ1v) is 9.66. The molecule has 0 aliphatic carbocycles. The molecule has 146 valence electrons. The first-order chi connectivity index (χ1) is 13.4. The van der Waals surface area contributed by atoms with Crippen molar-refractivity contribution < 1.29 is 14.3 Å². The van der Waals surface area contributed by atoms with Gasteiger partial charge in [0.2, 0.25) is 0 Å². The summed E-state index contributed by atoms with van der Waals surface area (Å²) in [5.74, 6) is 1.09. The van der Waals surface area contributed by atoms with Crippen LogP contribution in [-0.4, -0.2) is 29.9 Å². The van der Waals surface area contributed by atoms with Crippen molar-refractivity contribution in [1.82, 2.24) is 9.78 Å². The third kappa shape index (κ3) is 4.79. The number of carbonyl (C=O) groups excluding carboxylic acids is 1. The van der Waals surface area contributed by atoms with E-state index in [9.17, 15) is 4.79 Å². The van der Waals surface area contributed by atoms with E-state index in [4.69, 9.17) is 32.7 Å². The molecule has 3 aromatic rings. The van der Waals surface area contributed by atoms with Gasteiger partial charge < -0.3 is 14.8 Å². The normalized spacial score (nSPS) is 10.6. The average Bonchev–Trinajstić information content (AvgIpc) is 3.02. The summed E-state index contributed by atoms with van der Waals surface area (Å²) in [6, 6.07) is 10.2. The Morgan fingerprint density at radius 1 is 1.14 bits per heavy atom. The van der Waals surface area contributed by atoms with Crippen molar-refractivity contribution >= 4 is 50.9 Å². The van der Waals surface area contributed by atoms with E-state index in [0.29, 0.717) is 43.9 Å². The Labute approximate surface area is 180 Å². The maximum absolute atomic E-state index is 12.6. The number of aromatic nitrogens is 2. The lowest BCUT2D eigenvalue weighted by atomic mass is 10.2. The first kappa shape index (κ1) is 20.5. The highest BCUT2D eigenvalue weighted by molar-refractivity contribution is 9.10. The summed E-state index contributed by atoms with van der Waals surface area (Å²) in [6.07, 6.45) is 1.76. The van der Waals surface area contributed by atoms with Crippen molar-refractivity contribution in [3.8, 4) is 11.5 Å². The standard InChI is InChI=1S/C19H16BrCl2N3O3/c1-27-14-5-12(6-15(8-14)28-2)19(26)23-18-16(20)10-25(24-18)9-11-3-4-13(21)7-17(11)22/h3-8,10H,9H2,1-2H3,(H,23,24,26). The van der Waals surface area contributed by atoms with Crippen molar-refractivity contribution in [1.29, 1.82) is 0 Å². The second-order valence-electron chi connectivity index (χ2n) is 5.81. The van der Waals surface area contributed by atoms with E-state index in [1.807, 2.05) is 6.07 Å². The van der Waals surface area contributed by atoms with Crippen molar-refractivity contribution in [3.63, 3.8) is 0 Å². The quantitative estimate of drug-likeness (QED) is 0.517. The Hall–Kier alpha value is -2.22. The fraction of sp³-hybridized carbons (Fsp3) is 0.158. The van der Waals surface area contributed by atoms with Gasteiger partial charge in [-0.1, -0.05) is 29.3 Å². The zero-order valence-electron chi connectivity index (χ0n) is 15.0. The second kappa shape index (κ2) is 8.86. The molecule has 0 atom stereocenters. The minimum atomic E-state index is -0.340. The van der Waals surface area contributed by atoms with Gasteiger partial charge >= 0.3 is 0 Å². The lowest BCUT2D eigenvalue weighted by Gasteiger charge is -2.08. The van der Waals surface area contributed by atoms with Crippen LogP contribution in [0.25, 0.3) is 0 Å². The van der Waals surface area contributed by atoms with Crippen LogP contribution in [0.5, 0.6) is 11.5 Å². The molecule has 0 aliphatic rings. The summed E-state index contributed by atoms with van der Waals surface area (Å²) in [4.78, 5) is 12.6. The van der Waals surface area contributed by atoms with E-state index >= 15 is 0 Å². The molecule has 0 aliphatic heterocycles. The molecule has 1 N–H and O–H groups in total. The van der Waals surface area contributed by atoms with E-state index in [-0.39, 0.29) is 5.91 Å². The average molecular weight is 485 g/mol. The van der Waals surface area contributed by atoms with Crippen LogP contribution in [0.4, 0.5) is 5.82 Å². The van der Waals surface area contributed by atoms with E-state index in [1.165, 1.54) is 14.2 Å².